The van der Waals surface area contributed by atoms with E-state index >= 15 is 0 Å². The highest BCUT2D eigenvalue weighted by atomic mass is 19.1. The van der Waals surface area contributed by atoms with Gasteiger partial charge in [-0.1, -0.05) is 6.07 Å². The van der Waals surface area contributed by atoms with E-state index in [4.69, 9.17) is 10.5 Å². The van der Waals surface area contributed by atoms with Gasteiger partial charge in [-0.25, -0.2) is 4.39 Å². The van der Waals surface area contributed by atoms with Crippen LogP contribution in [0.4, 0.5) is 4.39 Å². The summed E-state index contributed by atoms with van der Waals surface area (Å²) < 4.78 is 18.3. The molecule has 1 atom stereocenters. The van der Waals surface area contributed by atoms with Crippen LogP contribution in [0, 0.1) is 5.82 Å². The number of nitrogens with two attached hydrogens (primary N) is 1. The SMILES string of the molecule is COc1ccc(CCNCCCC(C)N)cc1F. The molecule has 0 aliphatic heterocycles. The summed E-state index contributed by atoms with van der Waals surface area (Å²) >= 11 is 0. The van der Waals surface area contributed by atoms with Crippen LogP contribution in [-0.2, 0) is 6.42 Å². The van der Waals surface area contributed by atoms with Crippen molar-refractivity contribution in [1.29, 1.82) is 0 Å². The fourth-order valence-corrected chi connectivity index (χ4v) is 1.77. The Bertz CT molecular complexity index is 356. The van der Waals surface area contributed by atoms with Crippen molar-refractivity contribution in [1.82, 2.24) is 5.32 Å². The summed E-state index contributed by atoms with van der Waals surface area (Å²) in [6.45, 7) is 3.82. The standard InChI is InChI=1S/C14H23FN2O/c1-11(16)4-3-8-17-9-7-12-5-6-14(18-2)13(15)10-12/h5-6,10-11,17H,3-4,7-9,16H2,1-2H3. The Labute approximate surface area is 109 Å². The number of benzene rings is 1. The predicted molar refractivity (Wildman–Crippen MR) is 72.4 cm³/mol. The molecule has 102 valence electrons. The molecule has 1 rings (SSSR count). The first-order valence-electron chi connectivity index (χ1n) is 6.42. The predicted octanol–water partition coefficient (Wildman–Crippen LogP) is 2.09. The molecule has 3 N–H and O–H groups in total. The monoisotopic (exact) mass is 254 g/mol. The maximum atomic E-state index is 13.4. The fourth-order valence-electron chi connectivity index (χ4n) is 1.77. The average molecular weight is 254 g/mol. The quantitative estimate of drug-likeness (QED) is 0.698. The number of rotatable bonds is 8. The largest absolute Gasteiger partial charge is 0.494 e. The third-order valence-corrected chi connectivity index (χ3v) is 2.82. The van der Waals surface area contributed by atoms with Crippen LogP contribution < -0.4 is 15.8 Å². The van der Waals surface area contributed by atoms with Crippen molar-refractivity contribution in [2.45, 2.75) is 32.2 Å². The van der Waals surface area contributed by atoms with E-state index < -0.39 is 0 Å². The highest BCUT2D eigenvalue weighted by molar-refractivity contribution is 5.29. The second-order valence-electron chi connectivity index (χ2n) is 4.59. The average Bonchev–Trinajstić information content (AvgIpc) is 2.33. The highest BCUT2D eigenvalue weighted by Gasteiger charge is 2.03. The molecule has 0 fully saturated rings. The van der Waals surface area contributed by atoms with E-state index in [-0.39, 0.29) is 11.9 Å². The first-order valence-corrected chi connectivity index (χ1v) is 6.42. The van der Waals surface area contributed by atoms with Gasteiger partial charge in [0.15, 0.2) is 11.6 Å². The first-order chi connectivity index (χ1) is 8.63. The Hall–Kier alpha value is -1.13. The van der Waals surface area contributed by atoms with Crippen molar-refractivity contribution < 1.29 is 9.13 Å². The van der Waals surface area contributed by atoms with Crippen molar-refractivity contribution in [3.63, 3.8) is 0 Å². The lowest BCUT2D eigenvalue weighted by Gasteiger charge is -2.08. The summed E-state index contributed by atoms with van der Waals surface area (Å²) in [5.41, 5.74) is 6.64. The molecule has 18 heavy (non-hydrogen) atoms. The molecule has 0 bridgehead atoms. The summed E-state index contributed by atoms with van der Waals surface area (Å²) in [6, 6.07) is 5.36. The summed E-state index contributed by atoms with van der Waals surface area (Å²) in [5, 5.41) is 3.33. The molecule has 0 amide bonds. The lowest BCUT2D eigenvalue weighted by molar-refractivity contribution is 0.386. The lowest BCUT2D eigenvalue weighted by Crippen LogP contribution is -2.21. The Balaban J connectivity index is 2.21. The van der Waals surface area contributed by atoms with E-state index in [9.17, 15) is 4.39 Å². The lowest BCUT2D eigenvalue weighted by atomic mass is 10.1. The van der Waals surface area contributed by atoms with Crippen LogP contribution in [0.3, 0.4) is 0 Å². The summed E-state index contributed by atoms with van der Waals surface area (Å²) in [7, 11) is 1.47. The van der Waals surface area contributed by atoms with Crippen LogP contribution in [0.2, 0.25) is 0 Å². The summed E-state index contributed by atoms with van der Waals surface area (Å²) in [4.78, 5) is 0. The molecule has 4 heteroatoms. The van der Waals surface area contributed by atoms with Crippen LogP contribution in [0.1, 0.15) is 25.3 Å². The van der Waals surface area contributed by atoms with Gasteiger partial charge in [0.2, 0.25) is 0 Å². The van der Waals surface area contributed by atoms with Crippen LogP contribution in [-0.4, -0.2) is 26.2 Å². The van der Waals surface area contributed by atoms with Crippen molar-refractivity contribution in [3.05, 3.63) is 29.6 Å². The molecule has 3 nitrogen and oxygen atoms in total. The minimum atomic E-state index is -0.299. The number of hydrogen-bond donors (Lipinski definition) is 2. The number of halogens is 1. The molecule has 0 aliphatic rings. The number of ether oxygens (including phenoxy) is 1. The van der Waals surface area contributed by atoms with E-state index in [2.05, 4.69) is 5.32 Å². The topological polar surface area (TPSA) is 47.3 Å². The van der Waals surface area contributed by atoms with Crippen LogP contribution >= 0.6 is 0 Å². The van der Waals surface area contributed by atoms with Gasteiger partial charge in [-0.2, -0.15) is 0 Å². The van der Waals surface area contributed by atoms with E-state index in [0.29, 0.717) is 5.75 Å². The molecule has 0 aromatic heterocycles. The Morgan fingerprint density at radius 1 is 1.39 bits per heavy atom. The van der Waals surface area contributed by atoms with E-state index in [1.165, 1.54) is 13.2 Å². The van der Waals surface area contributed by atoms with Crippen LogP contribution in [0.5, 0.6) is 5.75 Å². The molecular weight excluding hydrogens is 231 g/mol. The van der Waals surface area contributed by atoms with Gasteiger partial charge in [-0.15, -0.1) is 0 Å². The van der Waals surface area contributed by atoms with Crippen molar-refractivity contribution >= 4 is 0 Å². The van der Waals surface area contributed by atoms with Gasteiger partial charge in [0.05, 0.1) is 7.11 Å². The summed E-state index contributed by atoms with van der Waals surface area (Å²) in [6.07, 6.45) is 2.93. The Morgan fingerprint density at radius 2 is 2.17 bits per heavy atom. The molecule has 0 radical (unpaired) electrons. The zero-order valence-electron chi connectivity index (χ0n) is 11.2. The smallest absolute Gasteiger partial charge is 0.165 e. The third kappa shape index (κ3) is 5.47. The molecule has 0 saturated heterocycles. The number of nitrogens with one attached hydrogen (secondary N) is 1. The molecule has 0 spiro atoms. The molecule has 0 saturated carbocycles. The van der Waals surface area contributed by atoms with Crippen molar-refractivity contribution in [3.8, 4) is 5.75 Å². The molecule has 1 aromatic carbocycles. The third-order valence-electron chi connectivity index (χ3n) is 2.82. The van der Waals surface area contributed by atoms with E-state index in [0.717, 1.165) is 37.9 Å². The van der Waals surface area contributed by atoms with Gasteiger partial charge < -0.3 is 15.8 Å². The molecule has 1 unspecified atom stereocenters. The zero-order chi connectivity index (χ0) is 13.4. The second-order valence-corrected chi connectivity index (χ2v) is 4.59. The molecule has 1 aromatic rings. The minimum absolute atomic E-state index is 0.266. The van der Waals surface area contributed by atoms with Crippen LogP contribution in [0.25, 0.3) is 0 Å². The second kappa shape index (κ2) is 8.06. The molecule has 0 aliphatic carbocycles. The molecule has 0 heterocycles. The maximum absolute atomic E-state index is 13.4. The van der Waals surface area contributed by atoms with Gasteiger partial charge in [0, 0.05) is 6.04 Å². The minimum Gasteiger partial charge on any atom is -0.494 e. The Kier molecular flexibility index (Phi) is 6.68. The van der Waals surface area contributed by atoms with Gasteiger partial charge in [0.25, 0.3) is 0 Å². The number of hydrogen-bond acceptors (Lipinski definition) is 3. The molecular formula is C14H23FN2O. The van der Waals surface area contributed by atoms with Crippen molar-refractivity contribution in [2.24, 2.45) is 5.73 Å². The van der Waals surface area contributed by atoms with E-state index in [1.54, 1.807) is 6.07 Å². The summed E-state index contributed by atoms with van der Waals surface area (Å²) in [5.74, 6) is -0.00407. The van der Waals surface area contributed by atoms with E-state index in [1.807, 2.05) is 13.0 Å². The first kappa shape index (κ1) is 14.9. The van der Waals surface area contributed by atoms with Gasteiger partial charge >= 0.3 is 0 Å². The van der Waals surface area contributed by atoms with Gasteiger partial charge in [0.1, 0.15) is 0 Å². The normalized spacial score (nSPS) is 12.4. The van der Waals surface area contributed by atoms with Gasteiger partial charge in [-0.3, -0.25) is 0 Å². The number of methoxy groups -OCH3 is 1. The maximum Gasteiger partial charge on any atom is 0.165 e. The zero-order valence-corrected chi connectivity index (χ0v) is 11.2. The van der Waals surface area contributed by atoms with Crippen LogP contribution in [0.15, 0.2) is 18.2 Å². The van der Waals surface area contributed by atoms with Crippen molar-refractivity contribution in [2.75, 3.05) is 20.2 Å². The van der Waals surface area contributed by atoms with Gasteiger partial charge in [-0.05, 0) is 57.0 Å². The fraction of sp³-hybridized carbons (Fsp3) is 0.571. The Morgan fingerprint density at radius 3 is 2.78 bits per heavy atom. The highest BCUT2D eigenvalue weighted by Crippen LogP contribution is 2.17.